The summed E-state index contributed by atoms with van der Waals surface area (Å²) in [5, 5.41) is 14.3. The second-order valence-electron chi connectivity index (χ2n) is 6.64. The van der Waals surface area contributed by atoms with E-state index in [2.05, 4.69) is 20.4 Å². The van der Waals surface area contributed by atoms with Gasteiger partial charge >= 0.3 is 10.4 Å². The molecular weight excluding hydrogens is 456 g/mol. The van der Waals surface area contributed by atoms with Gasteiger partial charge in [-0.2, -0.15) is 0 Å². The molecule has 10 nitrogen and oxygen atoms in total. The quantitative estimate of drug-likeness (QED) is 0.391. The van der Waals surface area contributed by atoms with Gasteiger partial charge in [0.25, 0.3) is 0 Å². The lowest BCUT2D eigenvalue weighted by Crippen LogP contribution is -2.03. The molecule has 4 rings (SSSR count). The number of nitrogens with zero attached hydrogens (tertiary/aromatic N) is 4. The minimum atomic E-state index is -3.66. The van der Waals surface area contributed by atoms with Crippen molar-refractivity contribution in [1.82, 2.24) is 20.4 Å². The van der Waals surface area contributed by atoms with E-state index in [1.165, 1.54) is 13.8 Å². The third kappa shape index (κ3) is 3.94. The van der Waals surface area contributed by atoms with Crippen molar-refractivity contribution in [3.8, 4) is 34.0 Å². The average Bonchev–Trinajstić information content (AvgIpc) is 3.50. The molecule has 32 heavy (non-hydrogen) atoms. The van der Waals surface area contributed by atoms with E-state index in [9.17, 15) is 16.8 Å². The molecule has 0 saturated heterocycles. The highest BCUT2D eigenvalue weighted by Gasteiger charge is 2.25. The van der Waals surface area contributed by atoms with Crippen LogP contribution in [0.25, 0.3) is 34.0 Å². The molecule has 12 heteroatoms. The van der Waals surface area contributed by atoms with Crippen molar-refractivity contribution in [2.45, 2.75) is 24.3 Å². The highest BCUT2D eigenvalue weighted by Crippen LogP contribution is 2.37. The number of aromatic nitrogens is 4. The normalized spacial score (nSPS) is 12.2. The second-order valence-corrected chi connectivity index (χ2v) is 11.0. The van der Waals surface area contributed by atoms with Crippen LogP contribution in [0.4, 0.5) is 0 Å². The average molecular weight is 475 g/mol. The van der Waals surface area contributed by atoms with Crippen LogP contribution in [0.3, 0.4) is 0 Å². The second kappa shape index (κ2) is 8.28. The van der Waals surface area contributed by atoms with Crippen LogP contribution in [0.2, 0.25) is 0 Å². The van der Waals surface area contributed by atoms with Crippen molar-refractivity contribution in [2.75, 3.05) is 11.5 Å². The van der Waals surface area contributed by atoms with Gasteiger partial charge in [0.2, 0.25) is 31.5 Å². The van der Waals surface area contributed by atoms with Gasteiger partial charge in [0.1, 0.15) is 0 Å². The first kappa shape index (κ1) is 21.8. The number of rotatable bonds is 7. The Morgan fingerprint density at radius 1 is 0.594 bits per heavy atom. The van der Waals surface area contributed by atoms with Crippen LogP contribution in [0.1, 0.15) is 13.8 Å². The lowest BCUT2D eigenvalue weighted by Gasteiger charge is -2.10. The van der Waals surface area contributed by atoms with Crippen LogP contribution in [-0.2, 0) is 19.7 Å². The predicted octanol–water partition coefficient (Wildman–Crippen LogP) is 3.04. The van der Waals surface area contributed by atoms with Gasteiger partial charge < -0.3 is 8.83 Å². The van der Waals surface area contributed by atoms with Crippen molar-refractivity contribution in [1.29, 1.82) is 0 Å². The van der Waals surface area contributed by atoms with E-state index in [4.69, 9.17) is 8.83 Å². The molecule has 0 unspecified atom stereocenters. The van der Waals surface area contributed by atoms with Gasteiger partial charge in [0.05, 0.1) is 11.5 Å². The maximum absolute atomic E-state index is 12.1. The van der Waals surface area contributed by atoms with E-state index in [0.717, 1.165) is 0 Å². The van der Waals surface area contributed by atoms with Gasteiger partial charge in [-0.25, -0.2) is 16.8 Å². The molecule has 0 aliphatic carbocycles. The van der Waals surface area contributed by atoms with Crippen molar-refractivity contribution in [3.63, 3.8) is 0 Å². The lowest BCUT2D eigenvalue weighted by molar-refractivity contribution is 0.440. The molecule has 0 atom stereocenters. The Labute approximate surface area is 184 Å². The SMILES string of the molecule is CCS(=O)(=O)c1nnc(-c2ccccc2-c2ccccc2-c2nnc(S(=O)(=O)CC)o2)o1. The van der Waals surface area contributed by atoms with Gasteiger partial charge in [-0.1, -0.05) is 60.4 Å². The Bertz CT molecular complexity index is 1380. The molecule has 0 aliphatic rings. The molecule has 0 N–H and O–H groups in total. The summed E-state index contributed by atoms with van der Waals surface area (Å²) in [7, 11) is -7.32. The maximum atomic E-state index is 12.1. The summed E-state index contributed by atoms with van der Waals surface area (Å²) in [5.41, 5.74) is 2.24. The predicted molar refractivity (Wildman–Crippen MR) is 114 cm³/mol. The monoisotopic (exact) mass is 474 g/mol. The Balaban J connectivity index is 1.85. The largest absolute Gasteiger partial charge is 0.408 e. The van der Waals surface area contributed by atoms with Gasteiger partial charge in [0.15, 0.2) is 0 Å². The zero-order valence-electron chi connectivity index (χ0n) is 17.1. The van der Waals surface area contributed by atoms with Crippen LogP contribution in [0, 0.1) is 0 Å². The zero-order chi connectivity index (χ0) is 22.9. The Hall–Kier alpha value is -3.38. The van der Waals surface area contributed by atoms with Crippen molar-refractivity contribution in [2.24, 2.45) is 0 Å². The molecule has 2 heterocycles. The topological polar surface area (TPSA) is 146 Å². The van der Waals surface area contributed by atoms with Crippen LogP contribution in [-0.4, -0.2) is 48.7 Å². The van der Waals surface area contributed by atoms with Crippen LogP contribution < -0.4 is 0 Å². The zero-order valence-corrected chi connectivity index (χ0v) is 18.7. The molecule has 0 aliphatic heterocycles. The molecular formula is C20H18N4O6S2. The Morgan fingerprint density at radius 2 is 0.938 bits per heavy atom. The van der Waals surface area contributed by atoms with Crippen molar-refractivity contribution >= 4 is 19.7 Å². The summed E-state index contributed by atoms with van der Waals surface area (Å²) in [5.74, 6) is -0.275. The standard InChI is InChI=1S/C20H18N4O6S2/c1-3-31(25,26)19-23-21-17(29-19)15-11-7-5-9-13(15)14-10-6-8-12-16(14)18-22-24-20(30-18)32(27,28)4-2/h5-12H,3-4H2,1-2H3. The smallest absolute Gasteiger partial charge is 0.335 e. The van der Waals surface area contributed by atoms with Gasteiger partial charge in [-0.15, -0.1) is 10.2 Å². The number of sulfone groups is 2. The van der Waals surface area contributed by atoms with E-state index in [1.807, 2.05) is 0 Å². The van der Waals surface area contributed by atoms with E-state index < -0.39 is 30.1 Å². The molecule has 0 amide bonds. The molecule has 0 fully saturated rings. The highest BCUT2D eigenvalue weighted by atomic mass is 32.2. The van der Waals surface area contributed by atoms with Crippen LogP contribution >= 0.6 is 0 Å². The molecule has 0 radical (unpaired) electrons. The first-order valence-corrected chi connectivity index (χ1v) is 12.9. The van der Waals surface area contributed by atoms with E-state index in [1.54, 1.807) is 48.5 Å². The first-order chi connectivity index (χ1) is 15.3. The van der Waals surface area contributed by atoms with Crippen molar-refractivity contribution < 1.29 is 25.7 Å². The van der Waals surface area contributed by atoms with Crippen LogP contribution in [0.15, 0.2) is 67.8 Å². The molecule has 166 valence electrons. The third-order valence-electron chi connectivity index (χ3n) is 4.71. The molecule has 4 aromatic rings. The minimum absolute atomic E-state index is 0.0298. The summed E-state index contributed by atoms with van der Waals surface area (Å²) >= 11 is 0. The molecule has 2 aromatic carbocycles. The summed E-state index contributed by atoms with van der Waals surface area (Å²) in [6.07, 6.45) is 0. The highest BCUT2D eigenvalue weighted by molar-refractivity contribution is 7.91. The van der Waals surface area contributed by atoms with E-state index >= 15 is 0 Å². The van der Waals surface area contributed by atoms with E-state index in [-0.39, 0.29) is 23.3 Å². The first-order valence-electron chi connectivity index (χ1n) is 9.58. The summed E-state index contributed by atoms with van der Waals surface area (Å²) < 4.78 is 59.2. The molecule has 0 spiro atoms. The van der Waals surface area contributed by atoms with Crippen LogP contribution in [0.5, 0.6) is 0 Å². The number of hydrogen-bond acceptors (Lipinski definition) is 10. The maximum Gasteiger partial charge on any atom is 0.335 e. The fraction of sp³-hybridized carbons (Fsp3) is 0.200. The van der Waals surface area contributed by atoms with Gasteiger partial charge in [-0.3, -0.25) is 0 Å². The van der Waals surface area contributed by atoms with Gasteiger partial charge in [-0.05, 0) is 23.3 Å². The summed E-state index contributed by atoms with van der Waals surface area (Å²) in [6.45, 7) is 2.97. The molecule has 0 bridgehead atoms. The molecule has 0 saturated carbocycles. The Morgan fingerprint density at radius 3 is 1.28 bits per heavy atom. The Kier molecular flexibility index (Phi) is 5.65. The van der Waals surface area contributed by atoms with Crippen molar-refractivity contribution in [3.05, 3.63) is 48.5 Å². The summed E-state index contributed by atoms with van der Waals surface area (Å²) in [6, 6.07) is 14.1. The lowest BCUT2D eigenvalue weighted by atomic mass is 9.95. The molecule has 2 aromatic heterocycles. The third-order valence-corrected chi connectivity index (χ3v) is 7.62. The number of benzene rings is 2. The number of hydrogen-bond donors (Lipinski definition) is 0. The minimum Gasteiger partial charge on any atom is -0.408 e. The van der Waals surface area contributed by atoms with E-state index in [0.29, 0.717) is 22.3 Å². The summed E-state index contributed by atoms with van der Waals surface area (Å²) in [4.78, 5) is 0. The fourth-order valence-electron chi connectivity index (χ4n) is 2.94. The fourth-order valence-corrected chi connectivity index (χ4v) is 4.18. The van der Waals surface area contributed by atoms with Gasteiger partial charge in [0, 0.05) is 11.1 Å².